The van der Waals surface area contributed by atoms with E-state index in [1.807, 2.05) is 0 Å². The van der Waals surface area contributed by atoms with Gasteiger partial charge >= 0.3 is 0 Å². The van der Waals surface area contributed by atoms with Crippen LogP contribution in [0, 0.1) is 27.7 Å². The van der Waals surface area contributed by atoms with Crippen molar-refractivity contribution < 1.29 is 0 Å². The van der Waals surface area contributed by atoms with Crippen LogP contribution in [0.1, 0.15) is 22.3 Å². The van der Waals surface area contributed by atoms with Crippen LogP contribution >= 0.6 is 0 Å². The van der Waals surface area contributed by atoms with Gasteiger partial charge in [-0.1, -0.05) is 170 Å². The van der Waals surface area contributed by atoms with Gasteiger partial charge in [0.05, 0.1) is 44.5 Å². The van der Waals surface area contributed by atoms with Gasteiger partial charge in [0.15, 0.2) is 5.82 Å². The van der Waals surface area contributed by atoms with E-state index in [1.54, 1.807) is 0 Å². The van der Waals surface area contributed by atoms with E-state index in [0.717, 1.165) is 67.6 Å². The molecule has 0 N–H and O–H groups in total. The molecule has 0 amide bonds. The maximum Gasteiger partial charge on any atom is 0.160 e. The smallest absolute Gasteiger partial charge is 0.160 e. The van der Waals surface area contributed by atoms with Crippen LogP contribution in [0.3, 0.4) is 0 Å². The molecule has 15 rings (SSSR count). The zero-order valence-electron chi connectivity index (χ0n) is 44.4. The van der Waals surface area contributed by atoms with Crippen LogP contribution < -0.4 is 0 Å². The van der Waals surface area contributed by atoms with E-state index in [9.17, 15) is 0 Å². The summed E-state index contributed by atoms with van der Waals surface area (Å²) in [6.07, 6.45) is 0. The Labute approximate surface area is 458 Å². The molecule has 0 radical (unpaired) electrons. The summed E-state index contributed by atoms with van der Waals surface area (Å²) in [5.74, 6) is 0.734. The molecule has 0 aliphatic heterocycles. The normalized spacial score (nSPS) is 11.8. The van der Waals surface area contributed by atoms with Gasteiger partial charge in [-0.2, -0.15) is 0 Å². The van der Waals surface area contributed by atoms with E-state index >= 15 is 0 Å². The molecule has 15 aromatic rings. The van der Waals surface area contributed by atoms with Gasteiger partial charge in [0, 0.05) is 66.1 Å². The molecular formula is C74H53N5. The fourth-order valence-electron chi connectivity index (χ4n) is 12.5. The Morgan fingerprint density at radius 2 is 0.595 bits per heavy atom. The molecule has 0 spiro atoms. The van der Waals surface area contributed by atoms with E-state index in [2.05, 4.69) is 290 Å². The number of rotatable bonds is 8. The van der Waals surface area contributed by atoms with Crippen LogP contribution in [0.2, 0.25) is 0 Å². The van der Waals surface area contributed by atoms with Crippen LogP contribution in [-0.2, 0) is 0 Å². The maximum absolute atomic E-state index is 5.17. The van der Waals surface area contributed by atoms with Crippen molar-refractivity contribution in [1.29, 1.82) is 0 Å². The molecule has 5 nitrogen and oxygen atoms in total. The first-order chi connectivity index (χ1) is 38.8. The third kappa shape index (κ3) is 7.53. The van der Waals surface area contributed by atoms with E-state index in [0.29, 0.717) is 0 Å². The highest BCUT2D eigenvalue weighted by atomic mass is 15.0. The summed E-state index contributed by atoms with van der Waals surface area (Å²) >= 11 is 0. The molecule has 79 heavy (non-hydrogen) atoms. The van der Waals surface area contributed by atoms with E-state index in [-0.39, 0.29) is 0 Å². The predicted molar refractivity (Wildman–Crippen MR) is 331 cm³/mol. The molecular weight excluding hydrogens is 959 g/mol. The number of benzene rings is 11. The molecule has 0 saturated heterocycles. The number of hydrogen-bond acceptors (Lipinski definition) is 2. The summed E-state index contributed by atoms with van der Waals surface area (Å²) in [5.41, 5.74) is 25.1. The number of hydrogen-bond donors (Lipinski definition) is 0. The first kappa shape index (κ1) is 46.2. The number of nitrogens with zero attached hydrogens (tertiary/aromatic N) is 5. The van der Waals surface area contributed by atoms with Crippen molar-refractivity contribution in [2.45, 2.75) is 27.7 Å². The molecule has 0 aliphatic rings. The third-order valence-electron chi connectivity index (χ3n) is 16.4. The quantitative estimate of drug-likeness (QED) is 0.152. The first-order valence-electron chi connectivity index (χ1n) is 27.2. The molecule has 11 aromatic carbocycles. The molecule has 0 fully saturated rings. The van der Waals surface area contributed by atoms with Crippen molar-refractivity contribution in [3.63, 3.8) is 0 Å². The van der Waals surface area contributed by atoms with Crippen molar-refractivity contribution in [2.75, 3.05) is 0 Å². The minimum atomic E-state index is 0.734. The van der Waals surface area contributed by atoms with Crippen LogP contribution in [0.15, 0.2) is 249 Å². The number of aryl methyl sites for hydroxylation is 4. The van der Waals surface area contributed by atoms with Crippen molar-refractivity contribution in [3.8, 4) is 73.2 Å². The predicted octanol–water partition coefficient (Wildman–Crippen LogP) is 19.3. The molecule has 0 atom stereocenters. The largest absolute Gasteiger partial charge is 0.309 e. The summed E-state index contributed by atoms with van der Waals surface area (Å²) in [6, 6.07) is 90.7. The molecule has 0 unspecified atom stereocenters. The highest BCUT2D eigenvalue weighted by molar-refractivity contribution is 6.14. The molecule has 0 aliphatic carbocycles. The van der Waals surface area contributed by atoms with Gasteiger partial charge in [-0.05, 0) is 151 Å². The van der Waals surface area contributed by atoms with Gasteiger partial charge < -0.3 is 13.7 Å². The molecule has 4 heterocycles. The Balaban J connectivity index is 0.807. The van der Waals surface area contributed by atoms with E-state index in [1.165, 1.54) is 93.3 Å². The molecule has 4 aromatic heterocycles. The summed E-state index contributed by atoms with van der Waals surface area (Å²) in [5, 5.41) is 7.42. The Morgan fingerprint density at radius 1 is 0.241 bits per heavy atom. The minimum Gasteiger partial charge on any atom is -0.309 e. The van der Waals surface area contributed by atoms with Crippen molar-refractivity contribution in [3.05, 3.63) is 271 Å². The van der Waals surface area contributed by atoms with Crippen LogP contribution in [-0.4, -0.2) is 23.7 Å². The van der Waals surface area contributed by atoms with Crippen LogP contribution in [0.25, 0.3) is 139 Å². The van der Waals surface area contributed by atoms with Gasteiger partial charge in [0.25, 0.3) is 0 Å². The average molecular weight is 1010 g/mol. The van der Waals surface area contributed by atoms with Crippen LogP contribution in [0.4, 0.5) is 0 Å². The summed E-state index contributed by atoms with van der Waals surface area (Å²) < 4.78 is 7.29. The van der Waals surface area contributed by atoms with E-state index < -0.39 is 0 Å². The van der Waals surface area contributed by atoms with Gasteiger partial charge in [0.2, 0.25) is 0 Å². The monoisotopic (exact) mass is 1010 g/mol. The van der Waals surface area contributed by atoms with Gasteiger partial charge in [-0.25, -0.2) is 9.97 Å². The second-order valence-corrected chi connectivity index (χ2v) is 21.2. The summed E-state index contributed by atoms with van der Waals surface area (Å²) in [6.45, 7) is 8.73. The Bertz CT molecular complexity index is 4590. The second-order valence-electron chi connectivity index (χ2n) is 21.2. The summed E-state index contributed by atoms with van der Waals surface area (Å²) in [4.78, 5) is 10.3. The average Bonchev–Trinajstić information content (AvgIpc) is 4.03. The molecule has 374 valence electrons. The number of aromatic nitrogens is 5. The zero-order valence-corrected chi connectivity index (χ0v) is 44.4. The minimum absolute atomic E-state index is 0.734. The van der Waals surface area contributed by atoms with Gasteiger partial charge in [0.1, 0.15) is 0 Å². The van der Waals surface area contributed by atoms with E-state index in [4.69, 9.17) is 9.97 Å². The fourth-order valence-corrected chi connectivity index (χ4v) is 12.5. The lowest BCUT2D eigenvalue weighted by molar-refractivity contribution is 1.16. The molecule has 5 heteroatoms. The molecule has 0 saturated carbocycles. The highest BCUT2D eigenvalue weighted by Crippen LogP contribution is 2.41. The number of para-hydroxylation sites is 4. The topological polar surface area (TPSA) is 40.6 Å². The Kier molecular flexibility index (Phi) is 10.7. The standard InChI is InChI=1S/C74H53N5/c1-46-17-5-7-19-56(46)67-45-66(75-74(76-67)57-20-8-6-18-47(57)2)52-31-29-50(30-32-52)62-41-49(4)63(42-48(62)3)51-33-35-53(36-34-51)77-72-39-37-54(78-68-25-13-9-21-58(68)59-22-10-14-26-69(59)78)43-64(72)65-44-55(38-40-73(65)77)79-70-27-15-11-23-60(70)61-24-12-16-28-71(61)79/h5-45H,1-4H3. The fraction of sp³-hybridized carbons (Fsp3) is 0.0541. The third-order valence-corrected chi connectivity index (χ3v) is 16.4. The maximum atomic E-state index is 5.17. The lowest BCUT2D eigenvalue weighted by Crippen LogP contribution is -1.98. The van der Waals surface area contributed by atoms with Crippen molar-refractivity contribution in [1.82, 2.24) is 23.7 Å². The first-order valence-corrected chi connectivity index (χ1v) is 27.2. The molecule has 0 bridgehead atoms. The Morgan fingerprint density at radius 3 is 1.06 bits per heavy atom. The van der Waals surface area contributed by atoms with Crippen molar-refractivity contribution in [2.24, 2.45) is 0 Å². The van der Waals surface area contributed by atoms with Gasteiger partial charge in [-0.3, -0.25) is 0 Å². The summed E-state index contributed by atoms with van der Waals surface area (Å²) in [7, 11) is 0. The van der Waals surface area contributed by atoms with Crippen LogP contribution in [0.5, 0.6) is 0 Å². The Hall–Kier alpha value is -10.1. The van der Waals surface area contributed by atoms with Crippen molar-refractivity contribution >= 4 is 65.4 Å². The number of fused-ring (bicyclic) bond motifs is 9. The SMILES string of the molecule is Cc1cc(-c2ccc(-n3c4ccc(-n5c6ccccc6c6ccccc65)cc4c4cc(-n5c6ccccc6c6ccccc65)ccc43)cc2)c(C)cc1-c1ccc(-c2cc(-c3ccccc3C)nc(-c3ccccc3C)n2)cc1. The highest BCUT2D eigenvalue weighted by Gasteiger charge is 2.20. The lowest BCUT2D eigenvalue weighted by Gasteiger charge is -2.15. The lowest BCUT2D eigenvalue weighted by atomic mass is 9.91. The zero-order chi connectivity index (χ0) is 52.9. The van der Waals surface area contributed by atoms with Gasteiger partial charge in [-0.15, -0.1) is 0 Å². The second kappa shape index (κ2) is 18.3.